The number of hydrogen-bond acceptors (Lipinski definition) is 3. The normalized spacial score (nSPS) is 10.7. The van der Waals surface area contributed by atoms with Crippen LogP contribution in [0.1, 0.15) is 15.9 Å². The van der Waals surface area contributed by atoms with Gasteiger partial charge in [-0.1, -0.05) is 78.9 Å². The summed E-state index contributed by atoms with van der Waals surface area (Å²) < 4.78 is 0. The summed E-state index contributed by atoms with van der Waals surface area (Å²) in [4.78, 5) is 24.1. The summed E-state index contributed by atoms with van der Waals surface area (Å²) in [5.74, 6) is -0.103. The van der Waals surface area contributed by atoms with Crippen LogP contribution in [0.15, 0.2) is 91.0 Å². The van der Waals surface area contributed by atoms with Crippen LogP contribution in [-0.2, 0) is 0 Å². The zero-order valence-electron chi connectivity index (χ0n) is 14.3. The molecule has 0 aliphatic rings. The minimum atomic E-state index is -0.427. The summed E-state index contributed by atoms with van der Waals surface area (Å²) in [6.45, 7) is 0. The Labute approximate surface area is 155 Å². The first-order valence-electron chi connectivity index (χ1n) is 8.51. The van der Waals surface area contributed by atoms with Crippen LogP contribution in [0.3, 0.4) is 0 Å². The summed E-state index contributed by atoms with van der Waals surface area (Å²) in [5.41, 5.74) is 2.47. The van der Waals surface area contributed by atoms with Crippen molar-refractivity contribution < 1.29 is 9.72 Å². The fourth-order valence-corrected chi connectivity index (χ4v) is 3.28. The van der Waals surface area contributed by atoms with Crippen LogP contribution in [0.5, 0.6) is 0 Å². The molecule has 0 heterocycles. The fraction of sp³-hybridized carbons (Fsp3) is 0. The molecule has 130 valence electrons. The van der Waals surface area contributed by atoms with E-state index in [1.807, 2.05) is 54.6 Å². The first kappa shape index (κ1) is 16.7. The van der Waals surface area contributed by atoms with Gasteiger partial charge in [-0.05, 0) is 21.9 Å². The zero-order chi connectivity index (χ0) is 18.8. The molecule has 0 aromatic heterocycles. The second-order valence-electron chi connectivity index (χ2n) is 6.21. The fourth-order valence-electron chi connectivity index (χ4n) is 3.28. The topological polar surface area (TPSA) is 60.2 Å². The molecule has 0 aliphatic heterocycles. The van der Waals surface area contributed by atoms with E-state index in [0.717, 1.165) is 10.8 Å². The Morgan fingerprint density at radius 2 is 1.52 bits per heavy atom. The zero-order valence-corrected chi connectivity index (χ0v) is 14.3. The highest BCUT2D eigenvalue weighted by Crippen LogP contribution is 2.33. The molecular formula is C23H15NO3. The van der Waals surface area contributed by atoms with Gasteiger partial charge >= 0.3 is 0 Å². The summed E-state index contributed by atoms with van der Waals surface area (Å²) >= 11 is 0. The molecule has 0 bridgehead atoms. The van der Waals surface area contributed by atoms with Crippen molar-refractivity contribution in [1.82, 2.24) is 0 Å². The third-order valence-electron chi connectivity index (χ3n) is 4.56. The van der Waals surface area contributed by atoms with Crippen LogP contribution in [0.25, 0.3) is 21.9 Å². The Kier molecular flexibility index (Phi) is 4.22. The van der Waals surface area contributed by atoms with Crippen molar-refractivity contribution in [1.29, 1.82) is 0 Å². The lowest BCUT2D eigenvalue weighted by molar-refractivity contribution is -0.384. The molecule has 4 aromatic carbocycles. The van der Waals surface area contributed by atoms with E-state index in [1.54, 1.807) is 24.3 Å². The van der Waals surface area contributed by atoms with Crippen LogP contribution in [0.4, 0.5) is 5.69 Å². The number of fused-ring (bicyclic) bond motifs is 1. The highest BCUT2D eigenvalue weighted by atomic mass is 16.6. The Morgan fingerprint density at radius 1 is 0.778 bits per heavy atom. The molecule has 0 fully saturated rings. The molecule has 0 atom stereocenters. The summed E-state index contributed by atoms with van der Waals surface area (Å²) in [5, 5.41) is 13.0. The number of hydrogen-bond donors (Lipinski definition) is 0. The van der Waals surface area contributed by atoms with Crippen molar-refractivity contribution in [3.63, 3.8) is 0 Å². The van der Waals surface area contributed by atoms with Crippen LogP contribution in [-0.4, -0.2) is 10.7 Å². The highest BCUT2D eigenvalue weighted by Gasteiger charge is 2.19. The SMILES string of the molecule is O=C(c1ccccc1)c1c(-c2cccc([N+](=O)[O-])c2)ccc2ccccc12. The number of carbonyl (C=O) groups is 1. The van der Waals surface area contributed by atoms with Gasteiger partial charge in [0.05, 0.1) is 4.92 Å². The quantitative estimate of drug-likeness (QED) is 0.271. The smallest absolute Gasteiger partial charge is 0.270 e. The molecule has 4 rings (SSSR count). The summed E-state index contributed by atoms with van der Waals surface area (Å²) in [6.07, 6.45) is 0. The Balaban J connectivity index is 2.00. The number of nitro groups is 1. The third kappa shape index (κ3) is 3.09. The minimum absolute atomic E-state index is 0.00114. The van der Waals surface area contributed by atoms with E-state index in [-0.39, 0.29) is 11.5 Å². The first-order chi connectivity index (χ1) is 13.1. The predicted octanol–water partition coefficient (Wildman–Crippen LogP) is 5.65. The van der Waals surface area contributed by atoms with Gasteiger partial charge in [0.15, 0.2) is 5.78 Å². The van der Waals surface area contributed by atoms with Crippen molar-refractivity contribution in [2.75, 3.05) is 0 Å². The molecule has 0 radical (unpaired) electrons. The van der Waals surface area contributed by atoms with Gasteiger partial charge in [0.25, 0.3) is 5.69 Å². The predicted molar refractivity (Wildman–Crippen MR) is 106 cm³/mol. The van der Waals surface area contributed by atoms with E-state index in [0.29, 0.717) is 22.3 Å². The number of nitro benzene ring substituents is 1. The standard InChI is InChI=1S/C23H15NO3/c25-23(17-8-2-1-3-9-17)22-20-12-5-4-7-16(20)13-14-21(22)18-10-6-11-19(15-18)24(26)27/h1-15H. The van der Waals surface area contributed by atoms with Crippen molar-refractivity contribution in [3.8, 4) is 11.1 Å². The Bertz CT molecular complexity index is 1170. The van der Waals surface area contributed by atoms with E-state index in [2.05, 4.69) is 0 Å². The van der Waals surface area contributed by atoms with Gasteiger partial charge in [0.2, 0.25) is 0 Å². The molecule has 4 heteroatoms. The van der Waals surface area contributed by atoms with E-state index >= 15 is 0 Å². The van der Waals surface area contributed by atoms with Gasteiger partial charge in [0, 0.05) is 23.3 Å². The Hall–Kier alpha value is -3.79. The second-order valence-corrected chi connectivity index (χ2v) is 6.21. The van der Waals surface area contributed by atoms with Crippen molar-refractivity contribution in [3.05, 3.63) is 112 Å². The molecule has 0 saturated carbocycles. The molecular weight excluding hydrogens is 338 g/mol. The maximum Gasteiger partial charge on any atom is 0.270 e. The van der Waals surface area contributed by atoms with Gasteiger partial charge in [-0.3, -0.25) is 14.9 Å². The number of benzene rings is 4. The van der Waals surface area contributed by atoms with Crippen LogP contribution in [0.2, 0.25) is 0 Å². The molecule has 4 aromatic rings. The van der Waals surface area contributed by atoms with E-state index < -0.39 is 4.92 Å². The molecule has 27 heavy (non-hydrogen) atoms. The lowest BCUT2D eigenvalue weighted by atomic mass is 9.89. The Morgan fingerprint density at radius 3 is 2.30 bits per heavy atom. The molecule has 4 nitrogen and oxygen atoms in total. The lowest BCUT2D eigenvalue weighted by Gasteiger charge is -2.13. The average molecular weight is 353 g/mol. The van der Waals surface area contributed by atoms with Crippen molar-refractivity contribution >= 4 is 22.2 Å². The van der Waals surface area contributed by atoms with Gasteiger partial charge in [0.1, 0.15) is 0 Å². The first-order valence-corrected chi connectivity index (χ1v) is 8.51. The molecule has 0 spiro atoms. The maximum absolute atomic E-state index is 13.3. The van der Waals surface area contributed by atoms with Crippen LogP contribution < -0.4 is 0 Å². The van der Waals surface area contributed by atoms with E-state index in [4.69, 9.17) is 0 Å². The lowest BCUT2D eigenvalue weighted by Crippen LogP contribution is -2.05. The van der Waals surface area contributed by atoms with E-state index in [1.165, 1.54) is 12.1 Å². The number of rotatable bonds is 4. The molecule has 0 saturated heterocycles. The summed E-state index contributed by atoms with van der Waals surface area (Å²) in [6, 6.07) is 26.9. The number of carbonyl (C=O) groups excluding carboxylic acids is 1. The molecule has 0 N–H and O–H groups in total. The van der Waals surface area contributed by atoms with E-state index in [9.17, 15) is 14.9 Å². The van der Waals surface area contributed by atoms with Crippen LogP contribution >= 0.6 is 0 Å². The second kappa shape index (κ2) is 6.84. The molecule has 0 amide bonds. The number of ketones is 1. The largest absolute Gasteiger partial charge is 0.289 e. The number of non-ortho nitro benzene ring substituents is 1. The third-order valence-corrected chi connectivity index (χ3v) is 4.56. The van der Waals surface area contributed by atoms with Crippen molar-refractivity contribution in [2.24, 2.45) is 0 Å². The van der Waals surface area contributed by atoms with Crippen molar-refractivity contribution in [2.45, 2.75) is 0 Å². The summed E-state index contributed by atoms with van der Waals surface area (Å²) in [7, 11) is 0. The number of nitrogens with zero attached hydrogens (tertiary/aromatic N) is 1. The monoisotopic (exact) mass is 353 g/mol. The van der Waals surface area contributed by atoms with Gasteiger partial charge < -0.3 is 0 Å². The average Bonchev–Trinajstić information content (AvgIpc) is 2.73. The highest BCUT2D eigenvalue weighted by molar-refractivity contribution is 6.20. The van der Waals surface area contributed by atoms with Gasteiger partial charge in [-0.15, -0.1) is 0 Å². The van der Waals surface area contributed by atoms with Crippen LogP contribution in [0, 0.1) is 10.1 Å². The maximum atomic E-state index is 13.3. The van der Waals surface area contributed by atoms with Gasteiger partial charge in [-0.25, -0.2) is 0 Å². The van der Waals surface area contributed by atoms with Gasteiger partial charge in [-0.2, -0.15) is 0 Å². The minimum Gasteiger partial charge on any atom is -0.289 e. The molecule has 0 unspecified atom stereocenters. The molecule has 0 aliphatic carbocycles.